The largest absolute Gasteiger partial charge is 0.435 e. The van der Waals surface area contributed by atoms with Gasteiger partial charge in [0.2, 0.25) is 0 Å². The van der Waals surface area contributed by atoms with Crippen LogP contribution in [-0.2, 0) is 10.0 Å². The highest BCUT2D eigenvalue weighted by Gasteiger charge is 2.19. The monoisotopic (exact) mass is 350 g/mol. The summed E-state index contributed by atoms with van der Waals surface area (Å²) in [7, 11) is -4.32. The van der Waals surface area contributed by atoms with Crippen molar-refractivity contribution >= 4 is 21.4 Å². The molecule has 0 spiro atoms. The van der Waals surface area contributed by atoms with Crippen molar-refractivity contribution in [2.45, 2.75) is 11.5 Å². The number of anilines is 2. The van der Waals surface area contributed by atoms with Gasteiger partial charge < -0.3 is 10.5 Å². The molecule has 0 saturated carbocycles. The fourth-order valence-electron chi connectivity index (χ4n) is 1.67. The summed E-state index contributed by atoms with van der Waals surface area (Å²) < 4.78 is 81.3. The summed E-state index contributed by atoms with van der Waals surface area (Å²) >= 11 is 0. The summed E-state index contributed by atoms with van der Waals surface area (Å²) in [6.07, 6.45) is 0. The first-order valence-corrected chi connectivity index (χ1v) is 7.50. The van der Waals surface area contributed by atoms with Crippen molar-refractivity contribution in [1.82, 2.24) is 0 Å². The third kappa shape index (κ3) is 3.83. The van der Waals surface area contributed by atoms with E-state index >= 15 is 0 Å². The van der Waals surface area contributed by atoms with Gasteiger partial charge in [0, 0.05) is 6.07 Å². The summed E-state index contributed by atoms with van der Waals surface area (Å²) in [6, 6.07) is 5.85. The van der Waals surface area contributed by atoms with Gasteiger partial charge in [-0.2, -0.15) is 8.78 Å². The molecule has 0 aliphatic rings. The summed E-state index contributed by atoms with van der Waals surface area (Å²) in [4.78, 5) is -0.446. The molecule has 0 saturated heterocycles. The fraction of sp³-hybridized carbons (Fsp3) is 0.0769. The van der Waals surface area contributed by atoms with Crippen LogP contribution in [0.3, 0.4) is 0 Å². The number of benzene rings is 2. The Kier molecular flexibility index (Phi) is 4.64. The molecular weight excluding hydrogens is 340 g/mol. The first-order chi connectivity index (χ1) is 10.7. The maximum absolute atomic E-state index is 13.7. The molecule has 0 aliphatic heterocycles. The highest BCUT2D eigenvalue weighted by atomic mass is 32.2. The molecule has 124 valence electrons. The quantitative estimate of drug-likeness (QED) is 0.642. The summed E-state index contributed by atoms with van der Waals surface area (Å²) in [6.45, 7) is -3.13. The van der Waals surface area contributed by atoms with E-state index in [-0.39, 0.29) is 5.75 Å². The SMILES string of the molecule is Nc1c(F)ccc(NS(=O)(=O)c2cccc(OC(F)F)c2)c1F. The third-order valence-corrected chi connectivity index (χ3v) is 4.08. The number of halogens is 4. The summed E-state index contributed by atoms with van der Waals surface area (Å²) in [5.41, 5.74) is 3.70. The molecule has 0 aliphatic carbocycles. The van der Waals surface area contributed by atoms with Crippen LogP contribution in [0.15, 0.2) is 41.3 Å². The van der Waals surface area contributed by atoms with Gasteiger partial charge in [0.15, 0.2) is 5.82 Å². The zero-order valence-corrected chi connectivity index (χ0v) is 12.1. The van der Waals surface area contributed by atoms with Crippen LogP contribution in [0.2, 0.25) is 0 Å². The smallest absolute Gasteiger partial charge is 0.387 e. The minimum absolute atomic E-state index is 0.387. The topological polar surface area (TPSA) is 81.4 Å². The number of nitrogen functional groups attached to an aromatic ring is 1. The molecular formula is C13H10F4N2O3S. The van der Waals surface area contributed by atoms with Crippen molar-refractivity contribution in [2.75, 3.05) is 10.5 Å². The van der Waals surface area contributed by atoms with Crippen molar-refractivity contribution in [1.29, 1.82) is 0 Å². The Bertz CT molecular complexity index is 828. The second kappa shape index (κ2) is 6.32. The molecule has 5 nitrogen and oxygen atoms in total. The van der Waals surface area contributed by atoms with E-state index in [9.17, 15) is 26.0 Å². The molecule has 0 atom stereocenters. The van der Waals surface area contributed by atoms with E-state index in [2.05, 4.69) is 4.74 Å². The zero-order valence-electron chi connectivity index (χ0n) is 11.3. The van der Waals surface area contributed by atoms with Crippen LogP contribution < -0.4 is 15.2 Å². The van der Waals surface area contributed by atoms with Gasteiger partial charge in [-0.1, -0.05) is 6.07 Å². The lowest BCUT2D eigenvalue weighted by atomic mass is 10.2. The van der Waals surface area contributed by atoms with Gasteiger partial charge in [0.1, 0.15) is 17.3 Å². The average molecular weight is 350 g/mol. The normalized spacial score (nSPS) is 11.5. The Hall–Kier alpha value is -2.49. The second-order valence-electron chi connectivity index (χ2n) is 4.28. The van der Waals surface area contributed by atoms with Crippen molar-refractivity contribution in [3.63, 3.8) is 0 Å². The van der Waals surface area contributed by atoms with Crippen LogP contribution >= 0.6 is 0 Å². The molecule has 0 bridgehead atoms. The van der Waals surface area contributed by atoms with Crippen LogP contribution in [0.5, 0.6) is 5.75 Å². The number of hydrogen-bond donors (Lipinski definition) is 2. The molecule has 2 aromatic carbocycles. The van der Waals surface area contributed by atoms with Gasteiger partial charge in [-0.05, 0) is 24.3 Å². The van der Waals surface area contributed by atoms with Crippen LogP contribution in [0.1, 0.15) is 0 Å². The molecule has 0 radical (unpaired) electrons. The standard InChI is InChI=1S/C13H10F4N2O3S/c14-9-4-5-10(11(15)12(9)18)19-23(20,21)8-3-1-2-7(6-8)22-13(16)17/h1-6,13,19H,18H2. The Morgan fingerprint density at radius 1 is 1.13 bits per heavy atom. The second-order valence-corrected chi connectivity index (χ2v) is 5.96. The van der Waals surface area contributed by atoms with Gasteiger partial charge >= 0.3 is 6.61 Å². The van der Waals surface area contributed by atoms with E-state index in [1.54, 1.807) is 0 Å². The molecule has 10 heteroatoms. The molecule has 2 rings (SSSR count). The molecule has 2 aromatic rings. The fourth-order valence-corrected chi connectivity index (χ4v) is 2.76. The molecule has 0 heterocycles. The summed E-state index contributed by atoms with van der Waals surface area (Å²) in [5.74, 6) is -2.71. The predicted octanol–water partition coefficient (Wildman–Crippen LogP) is 2.95. The van der Waals surface area contributed by atoms with Gasteiger partial charge in [0.05, 0.1) is 10.6 Å². The molecule has 0 fully saturated rings. The van der Waals surface area contributed by atoms with Crippen LogP contribution in [0, 0.1) is 11.6 Å². The molecule has 0 unspecified atom stereocenters. The van der Waals surface area contributed by atoms with E-state index in [1.807, 2.05) is 4.72 Å². The lowest BCUT2D eigenvalue weighted by Gasteiger charge is -2.11. The van der Waals surface area contributed by atoms with Gasteiger partial charge in [-0.15, -0.1) is 0 Å². The van der Waals surface area contributed by atoms with Crippen molar-refractivity contribution < 1.29 is 30.7 Å². The van der Waals surface area contributed by atoms with Crippen molar-refractivity contribution in [2.24, 2.45) is 0 Å². The highest BCUT2D eigenvalue weighted by Crippen LogP contribution is 2.26. The summed E-state index contributed by atoms with van der Waals surface area (Å²) in [5, 5.41) is 0. The molecule has 23 heavy (non-hydrogen) atoms. The number of sulfonamides is 1. The maximum Gasteiger partial charge on any atom is 0.387 e. The van der Waals surface area contributed by atoms with E-state index in [4.69, 9.17) is 5.73 Å². The Morgan fingerprint density at radius 3 is 2.48 bits per heavy atom. The molecule has 3 N–H and O–H groups in total. The van der Waals surface area contributed by atoms with Gasteiger partial charge in [-0.25, -0.2) is 17.2 Å². The predicted molar refractivity (Wildman–Crippen MR) is 74.7 cm³/mol. The lowest BCUT2D eigenvalue weighted by molar-refractivity contribution is -0.0499. The minimum Gasteiger partial charge on any atom is -0.435 e. The number of nitrogens with one attached hydrogen (secondary N) is 1. The Morgan fingerprint density at radius 2 is 1.83 bits per heavy atom. The first-order valence-electron chi connectivity index (χ1n) is 6.02. The van der Waals surface area contributed by atoms with E-state index in [0.717, 1.165) is 30.3 Å². The van der Waals surface area contributed by atoms with Crippen molar-refractivity contribution in [3.8, 4) is 5.75 Å². The van der Waals surface area contributed by atoms with Crippen LogP contribution in [-0.4, -0.2) is 15.0 Å². The zero-order chi connectivity index (χ0) is 17.2. The minimum atomic E-state index is -4.32. The Balaban J connectivity index is 2.34. The third-order valence-electron chi connectivity index (χ3n) is 2.71. The first kappa shape index (κ1) is 16.9. The number of hydrogen-bond acceptors (Lipinski definition) is 4. The average Bonchev–Trinajstić information content (AvgIpc) is 2.47. The highest BCUT2D eigenvalue weighted by molar-refractivity contribution is 7.92. The van der Waals surface area contributed by atoms with Crippen LogP contribution in [0.25, 0.3) is 0 Å². The maximum atomic E-state index is 13.7. The van der Waals surface area contributed by atoms with E-state index in [1.165, 1.54) is 6.07 Å². The number of nitrogens with two attached hydrogens (primary N) is 1. The van der Waals surface area contributed by atoms with E-state index in [0.29, 0.717) is 0 Å². The van der Waals surface area contributed by atoms with Crippen LogP contribution in [0.4, 0.5) is 28.9 Å². The van der Waals surface area contributed by atoms with Gasteiger partial charge in [0.25, 0.3) is 10.0 Å². The lowest BCUT2D eigenvalue weighted by Crippen LogP contribution is -2.15. The number of alkyl halides is 2. The molecule has 0 amide bonds. The Labute approximate surface area is 128 Å². The molecule has 0 aromatic heterocycles. The number of ether oxygens (including phenoxy) is 1. The number of rotatable bonds is 5. The van der Waals surface area contributed by atoms with Crippen molar-refractivity contribution in [3.05, 3.63) is 48.0 Å². The van der Waals surface area contributed by atoms with E-state index < -0.39 is 44.5 Å². The van der Waals surface area contributed by atoms with Gasteiger partial charge in [-0.3, -0.25) is 4.72 Å².